The molecule has 1 aliphatic rings. The van der Waals surface area contributed by atoms with Crippen LogP contribution in [0.5, 0.6) is 0 Å². The summed E-state index contributed by atoms with van der Waals surface area (Å²) in [4.78, 5) is 28.6. The number of rotatable bonds is 9. The predicted octanol–water partition coefficient (Wildman–Crippen LogP) is 1.52. The number of aliphatic hydroxyl groups excluding tert-OH is 1. The van der Waals surface area contributed by atoms with Crippen molar-refractivity contribution in [2.24, 2.45) is 0 Å². The Labute approximate surface area is 189 Å². The van der Waals surface area contributed by atoms with E-state index in [1.807, 2.05) is 6.07 Å². The fourth-order valence-corrected chi connectivity index (χ4v) is 3.93. The van der Waals surface area contributed by atoms with Gasteiger partial charge in [0.05, 0.1) is 18.0 Å². The number of aliphatic hydroxyl groups is 1. The average molecular weight is 440 g/mol. The first-order valence-electron chi connectivity index (χ1n) is 11.1. The van der Waals surface area contributed by atoms with E-state index >= 15 is 0 Å². The summed E-state index contributed by atoms with van der Waals surface area (Å²) in [5.41, 5.74) is 10.9. The van der Waals surface area contributed by atoms with Crippen LogP contribution in [0.15, 0.2) is 42.5 Å². The molecule has 0 aromatic heterocycles. The van der Waals surface area contributed by atoms with Gasteiger partial charge in [0.1, 0.15) is 0 Å². The van der Waals surface area contributed by atoms with E-state index in [0.29, 0.717) is 30.6 Å². The van der Waals surface area contributed by atoms with E-state index < -0.39 is 0 Å². The molecule has 0 spiro atoms. The second-order valence-corrected chi connectivity index (χ2v) is 7.97. The van der Waals surface area contributed by atoms with E-state index in [4.69, 9.17) is 10.8 Å². The number of hydrogen-bond donors (Lipinski definition) is 4. The zero-order valence-electron chi connectivity index (χ0n) is 18.6. The normalized spacial score (nSPS) is 13.7. The van der Waals surface area contributed by atoms with E-state index in [2.05, 4.69) is 51.6 Å². The third-order valence-corrected chi connectivity index (χ3v) is 5.67. The maximum atomic E-state index is 12.4. The van der Waals surface area contributed by atoms with Crippen LogP contribution in [0.2, 0.25) is 0 Å². The Bertz CT molecular complexity index is 926. The number of benzene rings is 2. The second-order valence-electron chi connectivity index (χ2n) is 7.97. The van der Waals surface area contributed by atoms with Crippen LogP contribution in [0.1, 0.15) is 28.8 Å². The molecular formula is C24H33N5O3. The minimum Gasteiger partial charge on any atom is -0.397 e. The van der Waals surface area contributed by atoms with Gasteiger partial charge >= 0.3 is 0 Å². The molecule has 0 bridgehead atoms. The third kappa shape index (κ3) is 6.13. The summed E-state index contributed by atoms with van der Waals surface area (Å²) in [6.45, 7) is 6.26. The lowest BCUT2D eigenvalue weighted by Gasteiger charge is -2.38. The van der Waals surface area contributed by atoms with Gasteiger partial charge in [0.15, 0.2) is 0 Å². The number of nitrogen functional groups attached to an aromatic ring is 1. The second kappa shape index (κ2) is 11.4. The van der Waals surface area contributed by atoms with Gasteiger partial charge in [-0.15, -0.1) is 0 Å². The molecule has 5 N–H and O–H groups in total. The number of para-hydroxylation sites is 1. The number of nitrogens with one attached hydrogen (secondary N) is 2. The van der Waals surface area contributed by atoms with Crippen LogP contribution in [0.4, 0.5) is 17.1 Å². The van der Waals surface area contributed by atoms with Crippen LogP contribution >= 0.6 is 0 Å². The van der Waals surface area contributed by atoms with Gasteiger partial charge in [0.2, 0.25) is 5.91 Å². The fourth-order valence-electron chi connectivity index (χ4n) is 3.93. The smallest absolute Gasteiger partial charge is 0.251 e. The Morgan fingerprint density at radius 1 is 0.969 bits per heavy atom. The summed E-state index contributed by atoms with van der Waals surface area (Å²) in [6.07, 6.45) is 0.831. The Morgan fingerprint density at radius 3 is 2.31 bits per heavy atom. The summed E-state index contributed by atoms with van der Waals surface area (Å²) in [7, 11) is 0. The quantitative estimate of drug-likeness (QED) is 0.348. The van der Waals surface area contributed by atoms with Crippen LogP contribution in [0, 0.1) is 6.92 Å². The molecule has 2 amide bonds. The van der Waals surface area contributed by atoms with E-state index in [-0.39, 0.29) is 25.0 Å². The molecule has 0 atom stereocenters. The maximum absolute atomic E-state index is 12.4. The number of carbonyl (C=O) groups excluding carboxylic acids is 2. The molecule has 8 heteroatoms. The van der Waals surface area contributed by atoms with Crippen molar-refractivity contribution in [1.82, 2.24) is 10.6 Å². The van der Waals surface area contributed by atoms with E-state index in [1.54, 1.807) is 12.1 Å². The molecule has 172 valence electrons. The van der Waals surface area contributed by atoms with Crippen LogP contribution in [-0.4, -0.2) is 62.8 Å². The van der Waals surface area contributed by atoms with Crippen molar-refractivity contribution < 1.29 is 14.7 Å². The highest BCUT2D eigenvalue weighted by Gasteiger charge is 2.20. The van der Waals surface area contributed by atoms with Gasteiger partial charge in [-0.25, -0.2) is 0 Å². The number of nitrogens with zero attached hydrogens (tertiary/aromatic N) is 2. The minimum absolute atomic E-state index is 0.0811. The average Bonchev–Trinajstić information content (AvgIpc) is 2.81. The van der Waals surface area contributed by atoms with Crippen molar-refractivity contribution in [3.63, 3.8) is 0 Å². The highest BCUT2D eigenvalue weighted by molar-refractivity contribution is 5.96. The first-order valence-corrected chi connectivity index (χ1v) is 11.1. The molecule has 0 unspecified atom stereocenters. The number of anilines is 3. The van der Waals surface area contributed by atoms with Crippen LogP contribution in [0.3, 0.4) is 0 Å². The third-order valence-electron chi connectivity index (χ3n) is 5.67. The molecule has 1 aliphatic heterocycles. The molecule has 2 aromatic carbocycles. The van der Waals surface area contributed by atoms with Crippen LogP contribution in [-0.2, 0) is 4.79 Å². The molecule has 32 heavy (non-hydrogen) atoms. The lowest BCUT2D eigenvalue weighted by atomic mass is 10.1. The maximum Gasteiger partial charge on any atom is 0.251 e. The van der Waals surface area contributed by atoms with Crippen molar-refractivity contribution in [2.45, 2.75) is 19.8 Å². The van der Waals surface area contributed by atoms with E-state index in [1.165, 1.54) is 11.3 Å². The number of carbonyl (C=O) groups is 2. The lowest BCUT2D eigenvalue weighted by molar-refractivity contribution is -0.121. The summed E-state index contributed by atoms with van der Waals surface area (Å²) in [5.74, 6) is -0.340. The molecule has 1 fully saturated rings. The lowest BCUT2D eigenvalue weighted by Crippen LogP contribution is -2.47. The Kier molecular flexibility index (Phi) is 8.33. The SMILES string of the molecule is Cc1ccccc1N1CCN(c2ccc(C(=O)NCCCC(=O)NCCO)cc2N)CC1. The van der Waals surface area contributed by atoms with Gasteiger partial charge in [-0.3, -0.25) is 9.59 Å². The summed E-state index contributed by atoms with van der Waals surface area (Å²) in [5, 5.41) is 14.1. The minimum atomic E-state index is -0.205. The van der Waals surface area contributed by atoms with E-state index in [0.717, 1.165) is 31.9 Å². The summed E-state index contributed by atoms with van der Waals surface area (Å²) < 4.78 is 0. The van der Waals surface area contributed by atoms with Gasteiger partial charge in [0, 0.05) is 56.9 Å². The van der Waals surface area contributed by atoms with Gasteiger partial charge in [-0.05, 0) is 43.2 Å². The van der Waals surface area contributed by atoms with Crippen molar-refractivity contribution in [1.29, 1.82) is 0 Å². The Balaban J connectivity index is 1.49. The predicted molar refractivity (Wildman–Crippen MR) is 128 cm³/mol. The monoisotopic (exact) mass is 439 g/mol. The number of aryl methyl sites for hydroxylation is 1. The molecule has 8 nitrogen and oxygen atoms in total. The Morgan fingerprint density at radius 2 is 1.66 bits per heavy atom. The van der Waals surface area contributed by atoms with E-state index in [9.17, 15) is 9.59 Å². The van der Waals surface area contributed by atoms with Gasteiger partial charge < -0.3 is 31.3 Å². The number of nitrogens with two attached hydrogens (primary N) is 1. The summed E-state index contributed by atoms with van der Waals surface area (Å²) >= 11 is 0. The highest BCUT2D eigenvalue weighted by atomic mass is 16.3. The largest absolute Gasteiger partial charge is 0.397 e. The molecule has 2 aromatic rings. The van der Waals surface area contributed by atoms with Crippen LogP contribution < -0.4 is 26.2 Å². The number of hydrogen-bond acceptors (Lipinski definition) is 6. The number of amides is 2. The Hall–Kier alpha value is -3.26. The van der Waals surface area contributed by atoms with Crippen molar-refractivity contribution in [2.75, 3.05) is 61.4 Å². The van der Waals surface area contributed by atoms with Gasteiger partial charge in [0.25, 0.3) is 5.91 Å². The standard InChI is InChI=1S/C24H33N5O3/c1-18-5-2-3-6-21(18)28-12-14-29(15-13-28)22-9-8-19(17-20(22)25)24(32)27-10-4-7-23(31)26-11-16-30/h2-3,5-6,8-9,17,30H,4,7,10-16,25H2,1H3,(H,26,31)(H,27,32). The first kappa shape index (κ1) is 23.4. The van der Waals surface area contributed by atoms with Crippen molar-refractivity contribution in [3.8, 4) is 0 Å². The molecule has 3 rings (SSSR count). The zero-order chi connectivity index (χ0) is 22.9. The molecule has 0 aliphatic carbocycles. The zero-order valence-corrected chi connectivity index (χ0v) is 18.6. The topological polar surface area (TPSA) is 111 Å². The van der Waals surface area contributed by atoms with Crippen LogP contribution in [0.25, 0.3) is 0 Å². The fraction of sp³-hybridized carbons (Fsp3) is 0.417. The van der Waals surface area contributed by atoms with Crippen molar-refractivity contribution in [3.05, 3.63) is 53.6 Å². The first-order chi connectivity index (χ1) is 15.5. The van der Waals surface area contributed by atoms with Gasteiger partial charge in [-0.2, -0.15) is 0 Å². The summed E-state index contributed by atoms with van der Waals surface area (Å²) in [6, 6.07) is 13.8. The molecule has 1 saturated heterocycles. The molecule has 1 heterocycles. The van der Waals surface area contributed by atoms with Gasteiger partial charge in [-0.1, -0.05) is 18.2 Å². The molecular weight excluding hydrogens is 406 g/mol. The van der Waals surface area contributed by atoms with Crippen molar-refractivity contribution >= 4 is 28.9 Å². The molecule has 0 saturated carbocycles. The molecule has 0 radical (unpaired) electrons. The highest BCUT2D eigenvalue weighted by Crippen LogP contribution is 2.27. The number of piperazine rings is 1.